The molecule has 0 spiro atoms. The normalized spacial score (nSPS) is 23.9. The Bertz CT molecular complexity index is 849. The minimum absolute atomic E-state index is 0.0824. The molecule has 1 aromatic heterocycles. The maximum atomic E-state index is 12.6. The molecule has 6 nitrogen and oxygen atoms in total. The Hall–Kier alpha value is -1.63. The van der Waals surface area contributed by atoms with Crippen LogP contribution >= 0.6 is 23.2 Å². The Kier molecular flexibility index (Phi) is 5.87. The van der Waals surface area contributed by atoms with Gasteiger partial charge in [0.25, 0.3) is 0 Å². The molecule has 1 aromatic carbocycles. The highest BCUT2D eigenvalue weighted by atomic mass is 35.5. The molecule has 1 saturated heterocycles. The molecule has 0 N–H and O–H groups in total. The SMILES string of the molecule is CC1(C(=O)N2CCN(CCCc3nc(Cc4ccccc4)no3)CC2)CC1(Cl)Cl. The topological polar surface area (TPSA) is 62.5 Å². The van der Waals surface area contributed by atoms with Gasteiger partial charge in [0.2, 0.25) is 11.8 Å². The smallest absolute Gasteiger partial charge is 0.231 e. The number of aryl methyl sites for hydroxylation is 1. The maximum Gasteiger partial charge on any atom is 0.231 e. The van der Waals surface area contributed by atoms with Crippen LogP contribution in [-0.2, 0) is 17.6 Å². The van der Waals surface area contributed by atoms with Crippen molar-refractivity contribution in [1.29, 1.82) is 0 Å². The number of halogens is 2. The molecule has 0 radical (unpaired) electrons. The van der Waals surface area contributed by atoms with E-state index in [1.165, 1.54) is 5.56 Å². The van der Waals surface area contributed by atoms with Crippen molar-refractivity contribution in [2.75, 3.05) is 32.7 Å². The van der Waals surface area contributed by atoms with Crippen LogP contribution < -0.4 is 0 Å². The summed E-state index contributed by atoms with van der Waals surface area (Å²) in [6.07, 6.45) is 2.94. The van der Waals surface area contributed by atoms with Gasteiger partial charge in [0.05, 0.1) is 5.41 Å². The molecular formula is C21H26Cl2N4O2. The van der Waals surface area contributed by atoms with Crippen LogP contribution in [0.25, 0.3) is 0 Å². The molecule has 0 bridgehead atoms. The molecule has 1 atom stereocenters. The first-order valence-electron chi connectivity index (χ1n) is 10.1. The van der Waals surface area contributed by atoms with Gasteiger partial charge < -0.3 is 9.42 Å². The fourth-order valence-electron chi connectivity index (χ4n) is 3.85. The molecule has 29 heavy (non-hydrogen) atoms. The standard InChI is InChI=1S/C21H26Cl2N4O2/c1-20(15-21(20,22)23)19(28)27-12-10-26(11-13-27)9-5-8-18-24-17(25-29-18)14-16-6-3-2-4-7-16/h2-4,6-7H,5,8-15H2,1H3. The molecule has 156 valence electrons. The van der Waals surface area contributed by atoms with Gasteiger partial charge in [0, 0.05) is 39.0 Å². The van der Waals surface area contributed by atoms with Gasteiger partial charge in [-0.2, -0.15) is 4.98 Å². The average molecular weight is 437 g/mol. The molecular weight excluding hydrogens is 411 g/mol. The van der Waals surface area contributed by atoms with Gasteiger partial charge in [0.15, 0.2) is 5.82 Å². The summed E-state index contributed by atoms with van der Waals surface area (Å²) in [5.41, 5.74) is 0.557. The van der Waals surface area contributed by atoms with Crippen molar-refractivity contribution in [1.82, 2.24) is 19.9 Å². The van der Waals surface area contributed by atoms with Crippen LogP contribution in [0.2, 0.25) is 0 Å². The quantitative estimate of drug-likeness (QED) is 0.622. The largest absolute Gasteiger partial charge is 0.340 e. The van der Waals surface area contributed by atoms with Crippen molar-refractivity contribution < 1.29 is 9.32 Å². The number of hydrogen-bond acceptors (Lipinski definition) is 5. The average Bonchev–Trinajstić information content (AvgIpc) is 3.02. The fraction of sp³-hybridized carbons (Fsp3) is 0.571. The third-order valence-corrected chi connectivity index (χ3v) is 7.07. The van der Waals surface area contributed by atoms with Crippen molar-refractivity contribution in [3.05, 3.63) is 47.6 Å². The van der Waals surface area contributed by atoms with Gasteiger partial charge in [-0.3, -0.25) is 9.69 Å². The summed E-state index contributed by atoms with van der Waals surface area (Å²) in [5.74, 6) is 1.49. The lowest BCUT2D eigenvalue weighted by Gasteiger charge is -2.36. The number of aromatic nitrogens is 2. The molecule has 8 heteroatoms. The second-order valence-corrected chi connectivity index (χ2v) is 9.70. The molecule has 2 heterocycles. The zero-order valence-corrected chi connectivity index (χ0v) is 18.1. The Morgan fingerprint density at radius 1 is 1.17 bits per heavy atom. The Balaban J connectivity index is 1.17. The predicted octanol–water partition coefficient (Wildman–Crippen LogP) is 3.32. The highest BCUT2D eigenvalue weighted by molar-refractivity contribution is 6.53. The van der Waals surface area contributed by atoms with Gasteiger partial charge >= 0.3 is 0 Å². The number of nitrogens with zero attached hydrogens (tertiary/aromatic N) is 4. The minimum atomic E-state index is -0.898. The Morgan fingerprint density at radius 2 is 1.86 bits per heavy atom. The summed E-state index contributed by atoms with van der Waals surface area (Å²) in [6, 6.07) is 10.1. The monoisotopic (exact) mass is 436 g/mol. The van der Waals surface area contributed by atoms with Crippen molar-refractivity contribution >= 4 is 29.1 Å². The van der Waals surface area contributed by atoms with Crippen LogP contribution in [-0.4, -0.2) is 62.9 Å². The molecule has 2 aliphatic rings. The van der Waals surface area contributed by atoms with Crippen LogP contribution in [0.5, 0.6) is 0 Å². The summed E-state index contributed by atoms with van der Waals surface area (Å²) in [6.45, 7) is 5.98. The van der Waals surface area contributed by atoms with Crippen LogP contribution in [0, 0.1) is 5.41 Å². The van der Waals surface area contributed by atoms with Crippen molar-refractivity contribution in [2.45, 2.75) is 36.9 Å². The zero-order chi connectivity index (χ0) is 20.5. The first-order chi connectivity index (χ1) is 13.9. The minimum Gasteiger partial charge on any atom is -0.340 e. The number of amides is 1. The first-order valence-corrected chi connectivity index (χ1v) is 10.9. The van der Waals surface area contributed by atoms with E-state index in [9.17, 15) is 4.79 Å². The van der Waals surface area contributed by atoms with Crippen molar-refractivity contribution in [2.24, 2.45) is 5.41 Å². The zero-order valence-electron chi connectivity index (χ0n) is 16.6. The molecule has 2 fully saturated rings. The third-order valence-electron chi connectivity index (χ3n) is 5.97. The van der Waals surface area contributed by atoms with Gasteiger partial charge in [-0.25, -0.2) is 0 Å². The van der Waals surface area contributed by atoms with Gasteiger partial charge in [-0.1, -0.05) is 35.5 Å². The summed E-state index contributed by atoms with van der Waals surface area (Å²) in [5, 5.41) is 4.08. The van der Waals surface area contributed by atoms with E-state index < -0.39 is 9.75 Å². The lowest BCUT2D eigenvalue weighted by atomic mass is 10.1. The molecule has 1 saturated carbocycles. The number of carbonyl (C=O) groups is 1. The number of benzene rings is 1. The van der Waals surface area contributed by atoms with Crippen molar-refractivity contribution in [3.63, 3.8) is 0 Å². The van der Waals surface area contributed by atoms with Crippen LogP contribution in [0.15, 0.2) is 34.9 Å². The Labute approximate surface area is 181 Å². The van der Waals surface area contributed by atoms with E-state index in [1.807, 2.05) is 30.0 Å². The molecule has 2 aromatic rings. The highest BCUT2D eigenvalue weighted by Gasteiger charge is 2.68. The first kappa shape index (κ1) is 20.6. The summed E-state index contributed by atoms with van der Waals surface area (Å²) >= 11 is 12.3. The summed E-state index contributed by atoms with van der Waals surface area (Å²) in [7, 11) is 0. The van der Waals surface area contributed by atoms with E-state index in [4.69, 9.17) is 27.7 Å². The lowest BCUT2D eigenvalue weighted by Crippen LogP contribution is -2.51. The van der Waals surface area contributed by atoms with Gasteiger partial charge in [-0.05, 0) is 31.9 Å². The summed E-state index contributed by atoms with van der Waals surface area (Å²) < 4.78 is 4.48. The van der Waals surface area contributed by atoms with Gasteiger partial charge in [-0.15, -0.1) is 23.2 Å². The lowest BCUT2D eigenvalue weighted by molar-refractivity contribution is -0.138. The van der Waals surface area contributed by atoms with E-state index in [0.29, 0.717) is 18.7 Å². The van der Waals surface area contributed by atoms with Gasteiger partial charge in [0.1, 0.15) is 4.33 Å². The summed E-state index contributed by atoms with van der Waals surface area (Å²) in [4.78, 5) is 21.4. The van der Waals surface area contributed by atoms with E-state index >= 15 is 0 Å². The number of carbonyl (C=O) groups excluding carboxylic acids is 1. The third kappa shape index (κ3) is 4.60. The molecule has 1 aliphatic heterocycles. The number of hydrogen-bond donors (Lipinski definition) is 0. The van der Waals surface area contributed by atoms with E-state index in [-0.39, 0.29) is 5.91 Å². The van der Waals surface area contributed by atoms with E-state index in [0.717, 1.165) is 51.4 Å². The number of rotatable bonds is 7. The molecule has 1 amide bonds. The number of alkyl halides is 2. The molecule has 1 unspecified atom stereocenters. The molecule has 1 aliphatic carbocycles. The van der Waals surface area contributed by atoms with E-state index in [2.05, 4.69) is 27.2 Å². The second-order valence-electron chi connectivity index (χ2n) is 8.22. The second kappa shape index (κ2) is 8.25. The maximum absolute atomic E-state index is 12.6. The fourth-order valence-corrected chi connectivity index (χ4v) is 4.55. The highest BCUT2D eigenvalue weighted by Crippen LogP contribution is 2.64. The van der Waals surface area contributed by atoms with Crippen molar-refractivity contribution in [3.8, 4) is 0 Å². The Morgan fingerprint density at radius 3 is 2.52 bits per heavy atom. The van der Waals surface area contributed by atoms with Crippen LogP contribution in [0.3, 0.4) is 0 Å². The number of piperazine rings is 1. The van der Waals surface area contributed by atoms with Crippen LogP contribution in [0.4, 0.5) is 0 Å². The molecule has 4 rings (SSSR count). The predicted molar refractivity (Wildman–Crippen MR) is 112 cm³/mol. The van der Waals surface area contributed by atoms with E-state index in [1.54, 1.807) is 0 Å². The van der Waals surface area contributed by atoms with Crippen LogP contribution in [0.1, 0.15) is 37.0 Å².